The highest BCUT2D eigenvalue weighted by atomic mass is 16.5. The third kappa shape index (κ3) is 2.26. The average molecular weight is 235 g/mol. The van der Waals surface area contributed by atoms with Gasteiger partial charge in [0.25, 0.3) is 0 Å². The summed E-state index contributed by atoms with van der Waals surface area (Å²) in [5.41, 5.74) is 1.15. The summed E-state index contributed by atoms with van der Waals surface area (Å²) in [5, 5.41) is 12.0. The van der Waals surface area contributed by atoms with Crippen LogP contribution in [0.15, 0.2) is 18.2 Å². The smallest absolute Gasteiger partial charge is 0.233 e. The Balaban J connectivity index is 2.18. The largest absolute Gasteiger partial charge is 0.495 e. The molecule has 0 radical (unpaired) electrons. The molecule has 17 heavy (non-hydrogen) atoms. The van der Waals surface area contributed by atoms with Crippen LogP contribution in [0.5, 0.6) is 5.75 Å². The monoisotopic (exact) mass is 235 g/mol. The Hall–Kier alpha value is -1.55. The molecule has 0 spiro atoms. The first-order chi connectivity index (χ1) is 8.11. The molecule has 1 aromatic carbocycles. The molecule has 1 aromatic rings. The van der Waals surface area contributed by atoms with E-state index in [0.29, 0.717) is 11.4 Å². The van der Waals surface area contributed by atoms with Crippen LogP contribution in [0.2, 0.25) is 0 Å². The molecule has 0 aliphatic heterocycles. The first kappa shape index (κ1) is 11.9. The molecule has 0 aromatic heterocycles. The van der Waals surface area contributed by atoms with Crippen molar-refractivity contribution in [3.05, 3.63) is 23.8 Å². The van der Waals surface area contributed by atoms with E-state index < -0.39 is 5.41 Å². The summed E-state index contributed by atoms with van der Waals surface area (Å²) < 4.78 is 5.19. The number of carbonyl (C=O) groups is 1. The Bertz CT molecular complexity index is 438. The van der Waals surface area contributed by atoms with E-state index in [1.165, 1.54) is 0 Å². The lowest BCUT2D eigenvalue weighted by atomic mass is 10.1. The molecule has 2 N–H and O–H groups in total. The Labute approximate surface area is 101 Å². The van der Waals surface area contributed by atoms with Gasteiger partial charge in [0.2, 0.25) is 5.91 Å². The summed E-state index contributed by atoms with van der Waals surface area (Å²) in [6.45, 7) is 1.86. The Kier molecular flexibility index (Phi) is 3.07. The standard InChI is InChI=1S/C13H17NO3/c1-9-3-4-11(17-2)10(7-9)14-12(16)13(8-15)5-6-13/h3-4,7,15H,5-6,8H2,1-2H3,(H,14,16). The van der Waals surface area contributed by atoms with Crippen molar-refractivity contribution in [2.24, 2.45) is 5.41 Å². The van der Waals surface area contributed by atoms with Crippen molar-refractivity contribution in [1.82, 2.24) is 0 Å². The van der Waals surface area contributed by atoms with Gasteiger partial charge in [0.15, 0.2) is 0 Å². The average Bonchev–Trinajstić information content (AvgIpc) is 3.10. The zero-order valence-electron chi connectivity index (χ0n) is 10.1. The fourth-order valence-corrected chi connectivity index (χ4v) is 1.78. The minimum atomic E-state index is -0.561. The van der Waals surface area contributed by atoms with Gasteiger partial charge in [-0.3, -0.25) is 4.79 Å². The van der Waals surface area contributed by atoms with E-state index in [1.54, 1.807) is 7.11 Å². The number of aliphatic hydroxyl groups excluding tert-OH is 1. The van der Waals surface area contributed by atoms with Gasteiger partial charge in [-0.2, -0.15) is 0 Å². The number of ether oxygens (including phenoxy) is 1. The summed E-state index contributed by atoms with van der Waals surface area (Å²) in [7, 11) is 1.57. The first-order valence-corrected chi connectivity index (χ1v) is 5.68. The molecule has 4 heteroatoms. The molecule has 0 unspecified atom stereocenters. The quantitative estimate of drug-likeness (QED) is 0.835. The normalized spacial score (nSPS) is 16.4. The van der Waals surface area contributed by atoms with Gasteiger partial charge in [-0.25, -0.2) is 0 Å². The molecule has 92 valence electrons. The molecule has 0 heterocycles. The fraction of sp³-hybridized carbons (Fsp3) is 0.462. The molecule has 2 rings (SSSR count). The van der Waals surface area contributed by atoms with Gasteiger partial charge in [-0.15, -0.1) is 0 Å². The van der Waals surface area contributed by atoms with Crippen LogP contribution in [0, 0.1) is 12.3 Å². The number of anilines is 1. The number of carbonyl (C=O) groups excluding carboxylic acids is 1. The number of benzene rings is 1. The number of nitrogens with one attached hydrogen (secondary N) is 1. The molecule has 1 amide bonds. The predicted octanol–water partition coefficient (Wildman–Crippen LogP) is 1.71. The SMILES string of the molecule is COc1ccc(C)cc1NC(=O)C1(CO)CC1. The molecule has 1 aliphatic rings. The molecular weight excluding hydrogens is 218 g/mol. The summed E-state index contributed by atoms with van der Waals surface area (Å²) in [6.07, 6.45) is 1.51. The van der Waals surface area contributed by atoms with E-state index in [0.717, 1.165) is 18.4 Å². The Morgan fingerprint density at radius 3 is 2.76 bits per heavy atom. The van der Waals surface area contributed by atoms with Crippen molar-refractivity contribution in [3.63, 3.8) is 0 Å². The maximum atomic E-state index is 12.0. The van der Waals surface area contributed by atoms with E-state index in [9.17, 15) is 9.90 Å². The topological polar surface area (TPSA) is 58.6 Å². The number of aliphatic hydroxyl groups is 1. The highest BCUT2D eigenvalue weighted by molar-refractivity contribution is 5.98. The summed E-state index contributed by atoms with van der Waals surface area (Å²) in [4.78, 5) is 12.0. The minimum absolute atomic E-state index is 0.0903. The van der Waals surface area contributed by atoms with Crippen molar-refractivity contribution >= 4 is 11.6 Å². The van der Waals surface area contributed by atoms with Crippen molar-refractivity contribution in [2.45, 2.75) is 19.8 Å². The maximum absolute atomic E-state index is 12.0. The number of aryl methyl sites for hydroxylation is 1. The van der Waals surface area contributed by atoms with Gasteiger partial charge in [-0.05, 0) is 37.5 Å². The van der Waals surface area contributed by atoms with Gasteiger partial charge < -0.3 is 15.2 Å². The molecule has 0 bridgehead atoms. The second-order valence-electron chi connectivity index (χ2n) is 4.60. The van der Waals surface area contributed by atoms with Gasteiger partial charge >= 0.3 is 0 Å². The van der Waals surface area contributed by atoms with E-state index in [2.05, 4.69) is 5.32 Å². The predicted molar refractivity (Wildman–Crippen MR) is 65.1 cm³/mol. The van der Waals surface area contributed by atoms with Crippen LogP contribution in [-0.4, -0.2) is 24.7 Å². The van der Waals surface area contributed by atoms with Crippen LogP contribution in [0.3, 0.4) is 0 Å². The van der Waals surface area contributed by atoms with Crippen molar-refractivity contribution in [1.29, 1.82) is 0 Å². The second kappa shape index (κ2) is 4.37. The van der Waals surface area contributed by atoms with Gasteiger partial charge in [0.1, 0.15) is 5.75 Å². The summed E-state index contributed by atoms with van der Waals surface area (Å²) in [6, 6.07) is 5.61. The van der Waals surface area contributed by atoms with E-state index >= 15 is 0 Å². The Morgan fingerprint density at radius 1 is 1.53 bits per heavy atom. The summed E-state index contributed by atoms with van der Waals surface area (Å²) >= 11 is 0. The first-order valence-electron chi connectivity index (χ1n) is 5.68. The molecule has 1 fully saturated rings. The number of rotatable bonds is 4. The van der Waals surface area contributed by atoms with Crippen LogP contribution in [0.1, 0.15) is 18.4 Å². The lowest BCUT2D eigenvalue weighted by Gasteiger charge is -2.15. The zero-order chi connectivity index (χ0) is 12.5. The lowest BCUT2D eigenvalue weighted by molar-refractivity contribution is -0.122. The van der Waals surface area contributed by atoms with Crippen LogP contribution in [0.4, 0.5) is 5.69 Å². The summed E-state index contributed by atoms with van der Waals surface area (Å²) in [5.74, 6) is 0.515. The van der Waals surface area contributed by atoms with E-state index in [1.807, 2.05) is 25.1 Å². The van der Waals surface area contributed by atoms with Crippen molar-refractivity contribution in [3.8, 4) is 5.75 Å². The number of methoxy groups -OCH3 is 1. The molecular formula is C13H17NO3. The molecule has 0 saturated heterocycles. The minimum Gasteiger partial charge on any atom is -0.495 e. The molecule has 1 aliphatic carbocycles. The van der Waals surface area contributed by atoms with Crippen LogP contribution < -0.4 is 10.1 Å². The molecule has 1 saturated carbocycles. The third-order valence-corrected chi connectivity index (χ3v) is 3.24. The number of hydrogen-bond acceptors (Lipinski definition) is 3. The van der Waals surface area contributed by atoms with Gasteiger partial charge in [0.05, 0.1) is 24.8 Å². The van der Waals surface area contributed by atoms with Gasteiger partial charge in [0, 0.05) is 0 Å². The zero-order valence-corrected chi connectivity index (χ0v) is 10.1. The lowest BCUT2D eigenvalue weighted by Crippen LogP contribution is -2.27. The van der Waals surface area contributed by atoms with Crippen molar-refractivity contribution in [2.75, 3.05) is 19.0 Å². The Morgan fingerprint density at radius 2 is 2.24 bits per heavy atom. The van der Waals surface area contributed by atoms with Crippen LogP contribution >= 0.6 is 0 Å². The third-order valence-electron chi connectivity index (χ3n) is 3.24. The van der Waals surface area contributed by atoms with E-state index in [-0.39, 0.29) is 12.5 Å². The molecule has 0 atom stereocenters. The number of hydrogen-bond donors (Lipinski definition) is 2. The van der Waals surface area contributed by atoms with Crippen molar-refractivity contribution < 1.29 is 14.6 Å². The maximum Gasteiger partial charge on any atom is 0.233 e. The van der Waals surface area contributed by atoms with E-state index in [4.69, 9.17) is 4.74 Å². The van der Waals surface area contributed by atoms with Crippen LogP contribution in [0.25, 0.3) is 0 Å². The molecule has 4 nitrogen and oxygen atoms in total. The van der Waals surface area contributed by atoms with Crippen LogP contribution in [-0.2, 0) is 4.79 Å². The van der Waals surface area contributed by atoms with Gasteiger partial charge in [-0.1, -0.05) is 6.07 Å². The second-order valence-corrected chi connectivity index (χ2v) is 4.60. The number of amides is 1. The highest BCUT2D eigenvalue weighted by Gasteiger charge is 2.49. The fourth-order valence-electron chi connectivity index (χ4n) is 1.78. The highest BCUT2D eigenvalue weighted by Crippen LogP contribution is 2.46.